The van der Waals surface area contributed by atoms with Crippen LogP contribution in [0.2, 0.25) is 0 Å². The van der Waals surface area contributed by atoms with Crippen molar-refractivity contribution in [1.82, 2.24) is 38.9 Å². The zero-order valence-electron chi connectivity index (χ0n) is 16.2. The molecule has 0 amide bonds. The maximum atomic E-state index is 9.32. The van der Waals surface area contributed by atoms with E-state index in [2.05, 4.69) is 26.2 Å². The minimum atomic E-state index is -0.202. The number of nitrogens with zero attached hydrogens (tertiary/aromatic N) is 9. The number of fused-ring (bicyclic) bond motifs is 1. The summed E-state index contributed by atoms with van der Waals surface area (Å²) < 4.78 is 5.47. The Hall–Kier alpha value is -4.32. The Morgan fingerprint density at radius 1 is 1.07 bits per heavy atom. The van der Waals surface area contributed by atoms with E-state index in [0.717, 1.165) is 33.9 Å². The molecule has 0 aliphatic heterocycles. The van der Waals surface area contributed by atoms with Crippen LogP contribution in [0, 0.1) is 11.3 Å². The fraction of sp³-hybridized carbons (Fsp3) is 0.143. The molecule has 0 bridgehead atoms. The SMILES string of the molecule is Cn1cc(-c2cc3nccn3c(-c3cnn(C(CC#N)c4ccncc4)c3)n2)cn1. The second-order valence-electron chi connectivity index (χ2n) is 6.89. The molecule has 0 aliphatic rings. The molecule has 1 unspecified atom stereocenters. The van der Waals surface area contributed by atoms with Gasteiger partial charge in [0.15, 0.2) is 0 Å². The van der Waals surface area contributed by atoms with E-state index < -0.39 is 0 Å². The molecule has 5 aromatic heterocycles. The van der Waals surface area contributed by atoms with Crippen LogP contribution in [0.3, 0.4) is 0 Å². The van der Waals surface area contributed by atoms with Gasteiger partial charge in [-0.2, -0.15) is 15.5 Å². The maximum Gasteiger partial charge on any atom is 0.149 e. The highest BCUT2D eigenvalue weighted by atomic mass is 15.3. The number of pyridine rings is 1. The topological polar surface area (TPSA) is 103 Å². The summed E-state index contributed by atoms with van der Waals surface area (Å²) in [7, 11) is 1.87. The third-order valence-corrected chi connectivity index (χ3v) is 4.94. The zero-order valence-corrected chi connectivity index (χ0v) is 16.2. The number of nitriles is 1. The lowest BCUT2D eigenvalue weighted by molar-refractivity contribution is 0.532. The van der Waals surface area contributed by atoms with Crippen LogP contribution in [0.5, 0.6) is 0 Å². The second kappa shape index (κ2) is 7.25. The average Bonchev–Trinajstić information content (AvgIpc) is 3.52. The minimum Gasteiger partial charge on any atom is -0.284 e. The van der Waals surface area contributed by atoms with Gasteiger partial charge in [0, 0.05) is 55.9 Å². The summed E-state index contributed by atoms with van der Waals surface area (Å²) in [4.78, 5) is 13.4. The van der Waals surface area contributed by atoms with Crippen molar-refractivity contribution in [1.29, 1.82) is 5.26 Å². The molecule has 5 rings (SSSR count). The highest BCUT2D eigenvalue weighted by molar-refractivity contribution is 5.68. The molecular weight excluding hydrogens is 378 g/mol. The van der Waals surface area contributed by atoms with Crippen LogP contribution in [0.25, 0.3) is 28.3 Å². The Labute approximate surface area is 171 Å². The monoisotopic (exact) mass is 395 g/mol. The van der Waals surface area contributed by atoms with Crippen molar-refractivity contribution in [2.45, 2.75) is 12.5 Å². The Morgan fingerprint density at radius 3 is 2.67 bits per heavy atom. The lowest BCUT2D eigenvalue weighted by atomic mass is 10.1. The van der Waals surface area contributed by atoms with E-state index in [-0.39, 0.29) is 6.04 Å². The summed E-state index contributed by atoms with van der Waals surface area (Å²) in [5, 5.41) is 18.1. The molecule has 30 heavy (non-hydrogen) atoms. The fourth-order valence-corrected chi connectivity index (χ4v) is 3.49. The molecule has 0 fully saturated rings. The molecule has 5 heterocycles. The Bertz CT molecular complexity index is 1350. The Balaban J connectivity index is 1.61. The molecule has 0 aromatic carbocycles. The summed E-state index contributed by atoms with van der Waals surface area (Å²) in [6, 6.07) is 7.78. The van der Waals surface area contributed by atoms with Gasteiger partial charge in [-0.25, -0.2) is 9.97 Å². The summed E-state index contributed by atoms with van der Waals surface area (Å²) in [5.41, 5.74) is 4.30. The van der Waals surface area contributed by atoms with Crippen LogP contribution in [0.15, 0.2) is 67.8 Å². The van der Waals surface area contributed by atoms with Crippen molar-refractivity contribution in [2.75, 3.05) is 0 Å². The standard InChI is InChI=1S/C21H17N9/c1-28-13-16(11-25-28)18-10-20-24-8-9-29(20)21(27-18)17-12-26-30(14-17)19(2-5-22)15-3-6-23-7-4-15/h3-4,6-14,19H,2H2,1H3. The number of rotatable bonds is 5. The molecule has 0 spiro atoms. The van der Waals surface area contributed by atoms with Crippen molar-refractivity contribution in [2.24, 2.45) is 7.05 Å². The molecule has 1 atom stereocenters. The van der Waals surface area contributed by atoms with Gasteiger partial charge in [0.25, 0.3) is 0 Å². The van der Waals surface area contributed by atoms with Crippen molar-refractivity contribution >= 4 is 5.65 Å². The number of hydrogen-bond acceptors (Lipinski definition) is 6. The Morgan fingerprint density at radius 2 is 1.90 bits per heavy atom. The second-order valence-corrected chi connectivity index (χ2v) is 6.89. The van der Waals surface area contributed by atoms with E-state index >= 15 is 0 Å². The first-order chi connectivity index (χ1) is 14.7. The van der Waals surface area contributed by atoms with Crippen LogP contribution in [0.4, 0.5) is 0 Å². The van der Waals surface area contributed by atoms with Gasteiger partial charge in [-0.1, -0.05) is 0 Å². The van der Waals surface area contributed by atoms with E-state index in [4.69, 9.17) is 4.98 Å². The summed E-state index contributed by atoms with van der Waals surface area (Å²) >= 11 is 0. The van der Waals surface area contributed by atoms with Gasteiger partial charge >= 0.3 is 0 Å². The van der Waals surface area contributed by atoms with Crippen LogP contribution in [-0.2, 0) is 7.05 Å². The molecule has 9 nitrogen and oxygen atoms in total. The molecule has 9 heteroatoms. The molecule has 0 saturated heterocycles. The molecule has 0 N–H and O–H groups in total. The summed E-state index contributed by atoms with van der Waals surface area (Å²) in [6.07, 6.45) is 14.7. The first-order valence-electron chi connectivity index (χ1n) is 9.37. The van der Waals surface area contributed by atoms with Gasteiger partial charge in [-0.3, -0.25) is 18.7 Å². The predicted octanol–water partition coefficient (Wildman–Crippen LogP) is 2.89. The highest BCUT2D eigenvalue weighted by Crippen LogP contribution is 2.27. The van der Waals surface area contributed by atoms with E-state index in [0.29, 0.717) is 6.42 Å². The molecule has 0 saturated carbocycles. The van der Waals surface area contributed by atoms with Crippen molar-refractivity contribution in [3.63, 3.8) is 0 Å². The quantitative estimate of drug-likeness (QED) is 0.453. The predicted molar refractivity (Wildman–Crippen MR) is 109 cm³/mol. The number of hydrogen-bond donors (Lipinski definition) is 0. The smallest absolute Gasteiger partial charge is 0.149 e. The van der Waals surface area contributed by atoms with Gasteiger partial charge in [-0.05, 0) is 17.7 Å². The van der Waals surface area contributed by atoms with Crippen LogP contribution in [0.1, 0.15) is 18.0 Å². The van der Waals surface area contributed by atoms with Crippen molar-refractivity contribution < 1.29 is 0 Å². The van der Waals surface area contributed by atoms with Gasteiger partial charge in [0.1, 0.15) is 11.5 Å². The minimum absolute atomic E-state index is 0.202. The van der Waals surface area contributed by atoms with Gasteiger partial charge in [0.2, 0.25) is 0 Å². The summed E-state index contributed by atoms with van der Waals surface area (Å²) in [5.74, 6) is 0.723. The van der Waals surface area contributed by atoms with E-state index in [1.807, 2.05) is 48.2 Å². The fourth-order valence-electron chi connectivity index (χ4n) is 3.49. The largest absolute Gasteiger partial charge is 0.284 e. The highest BCUT2D eigenvalue weighted by Gasteiger charge is 2.18. The summed E-state index contributed by atoms with van der Waals surface area (Å²) in [6.45, 7) is 0. The van der Waals surface area contributed by atoms with E-state index in [1.54, 1.807) is 40.3 Å². The molecule has 146 valence electrons. The zero-order chi connectivity index (χ0) is 20.5. The first kappa shape index (κ1) is 17.8. The lowest BCUT2D eigenvalue weighted by Gasteiger charge is -2.14. The molecule has 0 aliphatic carbocycles. The first-order valence-corrected chi connectivity index (χ1v) is 9.37. The third-order valence-electron chi connectivity index (χ3n) is 4.94. The Kier molecular flexibility index (Phi) is 4.29. The van der Waals surface area contributed by atoms with Gasteiger partial charge < -0.3 is 0 Å². The van der Waals surface area contributed by atoms with Crippen LogP contribution < -0.4 is 0 Å². The van der Waals surface area contributed by atoms with Crippen LogP contribution >= 0.6 is 0 Å². The van der Waals surface area contributed by atoms with Gasteiger partial charge in [0.05, 0.1) is 42.2 Å². The van der Waals surface area contributed by atoms with Crippen molar-refractivity contribution in [3.8, 4) is 28.7 Å². The molecule has 5 aromatic rings. The van der Waals surface area contributed by atoms with Crippen molar-refractivity contribution in [3.05, 3.63) is 73.3 Å². The lowest BCUT2D eigenvalue weighted by Crippen LogP contribution is -2.10. The van der Waals surface area contributed by atoms with Crippen LogP contribution in [-0.4, -0.2) is 38.9 Å². The van der Waals surface area contributed by atoms with E-state index in [1.165, 1.54) is 0 Å². The number of imidazole rings is 1. The number of aryl methyl sites for hydroxylation is 1. The third kappa shape index (κ3) is 3.10. The molecule has 0 radical (unpaired) electrons. The number of aromatic nitrogens is 8. The van der Waals surface area contributed by atoms with E-state index in [9.17, 15) is 5.26 Å². The molecular formula is C21H17N9. The normalized spacial score (nSPS) is 12.1. The maximum absolute atomic E-state index is 9.32. The average molecular weight is 395 g/mol. The van der Waals surface area contributed by atoms with Gasteiger partial charge in [-0.15, -0.1) is 0 Å².